The van der Waals surface area contributed by atoms with Crippen LogP contribution in [0.3, 0.4) is 0 Å². The van der Waals surface area contributed by atoms with E-state index in [0.717, 1.165) is 24.1 Å². The number of aromatic nitrogens is 2. The number of para-hydroxylation sites is 1. The number of esters is 1. The molecule has 156 valence electrons. The van der Waals surface area contributed by atoms with E-state index in [-0.39, 0.29) is 23.4 Å². The van der Waals surface area contributed by atoms with Crippen LogP contribution in [-0.2, 0) is 9.53 Å². The molecule has 3 aromatic rings. The summed E-state index contributed by atoms with van der Waals surface area (Å²) in [5.41, 5.74) is 1.81. The van der Waals surface area contributed by atoms with E-state index in [1.807, 2.05) is 60.7 Å². The van der Waals surface area contributed by atoms with Crippen LogP contribution in [0.1, 0.15) is 41.9 Å². The highest BCUT2D eigenvalue weighted by Gasteiger charge is 2.22. The van der Waals surface area contributed by atoms with Crippen molar-refractivity contribution in [1.82, 2.24) is 15.1 Å². The highest BCUT2D eigenvalue weighted by Crippen LogP contribution is 2.21. The van der Waals surface area contributed by atoms with Gasteiger partial charge in [0.1, 0.15) is 0 Å². The van der Waals surface area contributed by atoms with Gasteiger partial charge in [0, 0.05) is 0 Å². The molecule has 30 heavy (non-hydrogen) atoms. The third-order valence-corrected chi connectivity index (χ3v) is 4.56. The molecule has 0 aliphatic heterocycles. The summed E-state index contributed by atoms with van der Waals surface area (Å²) in [5.74, 6) is -0.812. The molecular weight excluding hydrogens is 382 g/mol. The second-order valence-electron chi connectivity index (χ2n) is 6.72. The fourth-order valence-electron chi connectivity index (χ4n) is 3.09. The van der Waals surface area contributed by atoms with Gasteiger partial charge in [0.05, 0.1) is 25.0 Å². The summed E-state index contributed by atoms with van der Waals surface area (Å²) in [6.07, 6.45) is 3.30. The van der Waals surface area contributed by atoms with Crippen LogP contribution in [0.15, 0.2) is 66.9 Å². The van der Waals surface area contributed by atoms with E-state index in [9.17, 15) is 9.59 Å². The molecule has 0 radical (unpaired) electrons. The van der Waals surface area contributed by atoms with Gasteiger partial charge in [0.25, 0.3) is 5.91 Å². The van der Waals surface area contributed by atoms with Crippen molar-refractivity contribution >= 4 is 11.9 Å². The number of amides is 1. The quantitative estimate of drug-likeness (QED) is 0.547. The summed E-state index contributed by atoms with van der Waals surface area (Å²) >= 11 is 0. The third kappa shape index (κ3) is 5.26. The van der Waals surface area contributed by atoms with Gasteiger partial charge in [-0.05, 0) is 24.1 Å². The molecule has 7 nitrogen and oxygen atoms in total. The van der Waals surface area contributed by atoms with Crippen LogP contribution in [0.5, 0.6) is 5.75 Å². The Labute approximate surface area is 175 Å². The van der Waals surface area contributed by atoms with Gasteiger partial charge in [0.2, 0.25) is 5.69 Å². The van der Waals surface area contributed by atoms with Crippen LogP contribution in [0.2, 0.25) is 0 Å². The van der Waals surface area contributed by atoms with E-state index in [1.165, 1.54) is 11.8 Å². The summed E-state index contributed by atoms with van der Waals surface area (Å²) in [7, 11) is 1.45. The molecule has 0 spiro atoms. The zero-order valence-electron chi connectivity index (χ0n) is 17.1. The van der Waals surface area contributed by atoms with Crippen molar-refractivity contribution in [3.63, 3.8) is 0 Å². The van der Waals surface area contributed by atoms with E-state index in [2.05, 4.69) is 17.3 Å². The molecule has 1 atom stereocenters. The van der Waals surface area contributed by atoms with Gasteiger partial charge in [0.15, 0.2) is 12.4 Å². The largest absolute Gasteiger partial charge is 0.493 e. The molecular formula is C23H25N3O4. The topological polar surface area (TPSA) is 82.5 Å². The molecule has 0 fully saturated rings. The number of hydrogen-bond acceptors (Lipinski definition) is 5. The molecule has 0 aliphatic carbocycles. The Hall–Kier alpha value is -3.61. The molecule has 1 amide bonds. The van der Waals surface area contributed by atoms with Crippen LogP contribution in [-0.4, -0.2) is 35.4 Å². The van der Waals surface area contributed by atoms with Gasteiger partial charge in [-0.25, -0.2) is 9.48 Å². The van der Waals surface area contributed by atoms with E-state index < -0.39 is 12.6 Å². The van der Waals surface area contributed by atoms with Crippen molar-refractivity contribution < 1.29 is 19.1 Å². The first-order valence-corrected chi connectivity index (χ1v) is 9.83. The van der Waals surface area contributed by atoms with Gasteiger partial charge < -0.3 is 14.8 Å². The fourth-order valence-corrected chi connectivity index (χ4v) is 3.09. The Kier molecular flexibility index (Phi) is 7.21. The van der Waals surface area contributed by atoms with Crippen molar-refractivity contribution in [1.29, 1.82) is 0 Å². The number of nitrogens with one attached hydrogen (secondary N) is 1. The Morgan fingerprint density at radius 2 is 1.73 bits per heavy atom. The maximum atomic E-state index is 12.5. The van der Waals surface area contributed by atoms with Gasteiger partial charge in [-0.15, -0.1) is 0 Å². The number of carbonyl (C=O) groups excluding carboxylic acids is 2. The Balaban J connectivity index is 1.63. The predicted octanol–water partition coefficient (Wildman–Crippen LogP) is 3.70. The van der Waals surface area contributed by atoms with Crippen LogP contribution >= 0.6 is 0 Å². The second-order valence-corrected chi connectivity index (χ2v) is 6.72. The van der Waals surface area contributed by atoms with Crippen molar-refractivity contribution in [2.24, 2.45) is 0 Å². The summed E-state index contributed by atoms with van der Waals surface area (Å²) in [6, 6.07) is 18.9. The fraction of sp³-hybridized carbons (Fsp3) is 0.261. The average molecular weight is 407 g/mol. The standard InChI is InChI=1S/C23H25N3O4/c1-3-10-19(17-11-6-4-7-12-17)24-21(27)16-30-23(28)22-20(29-2)15-26(25-22)18-13-8-5-9-14-18/h4-9,11-15,19H,3,10,16H2,1-2H3,(H,24,27)/t19-/m1/s1. The van der Waals surface area contributed by atoms with Gasteiger partial charge in [-0.2, -0.15) is 5.10 Å². The number of methoxy groups -OCH3 is 1. The average Bonchev–Trinajstić information content (AvgIpc) is 3.23. The van der Waals surface area contributed by atoms with E-state index in [4.69, 9.17) is 9.47 Å². The number of rotatable bonds is 9. The molecule has 0 aliphatic rings. The minimum absolute atomic E-state index is 0.0160. The molecule has 2 aromatic carbocycles. The van der Waals surface area contributed by atoms with Crippen molar-refractivity contribution in [3.8, 4) is 11.4 Å². The molecule has 1 heterocycles. The SMILES string of the molecule is CCC[C@@H](NC(=O)COC(=O)c1nn(-c2ccccc2)cc1OC)c1ccccc1. The molecule has 1 N–H and O–H groups in total. The monoisotopic (exact) mass is 407 g/mol. The lowest BCUT2D eigenvalue weighted by molar-refractivity contribution is -0.125. The number of benzene rings is 2. The van der Waals surface area contributed by atoms with Gasteiger partial charge >= 0.3 is 5.97 Å². The number of nitrogens with zero attached hydrogens (tertiary/aromatic N) is 2. The van der Waals surface area contributed by atoms with Gasteiger partial charge in [-0.3, -0.25) is 4.79 Å². The Morgan fingerprint density at radius 1 is 1.07 bits per heavy atom. The predicted molar refractivity (Wildman–Crippen MR) is 113 cm³/mol. The van der Waals surface area contributed by atoms with Gasteiger partial charge in [-0.1, -0.05) is 61.9 Å². The molecule has 3 rings (SSSR count). The van der Waals surface area contributed by atoms with Crippen molar-refractivity contribution in [2.45, 2.75) is 25.8 Å². The molecule has 0 bridgehead atoms. The van der Waals surface area contributed by atoms with E-state index in [1.54, 1.807) is 6.20 Å². The second kappa shape index (κ2) is 10.2. The number of hydrogen-bond donors (Lipinski definition) is 1. The lowest BCUT2D eigenvalue weighted by atomic mass is 10.0. The number of ether oxygens (including phenoxy) is 2. The maximum Gasteiger partial charge on any atom is 0.363 e. The van der Waals surface area contributed by atoms with Crippen LogP contribution in [0.4, 0.5) is 0 Å². The minimum atomic E-state index is -0.719. The first-order chi connectivity index (χ1) is 14.6. The molecule has 0 saturated heterocycles. The van der Waals surface area contributed by atoms with Crippen LogP contribution in [0, 0.1) is 0 Å². The summed E-state index contributed by atoms with van der Waals surface area (Å²) in [5, 5.41) is 7.18. The first-order valence-electron chi connectivity index (χ1n) is 9.83. The zero-order chi connectivity index (χ0) is 21.3. The van der Waals surface area contributed by atoms with E-state index >= 15 is 0 Å². The maximum absolute atomic E-state index is 12.5. The van der Waals surface area contributed by atoms with Crippen LogP contribution in [0.25, 0.3) is 5.69 Å². The summed E-state index contributed by atoms with van der Waals surface area (Å²) < 4.78 is 12.0. The summed E-state index contributed by atoms with van der Waals surface area (Å²) in [6.45, 7) is 1.66. The third-order valence-electron chi connectivity index (χ3n) is 4.56. The van der Waals surface area contributed by atoms with E-state index in [0.29, 0.717) is 0 Å². The highest BCUT2D eigenvalue weighted by molar-refractivity contribution is 5.92. The summed E-state index contributed by atoms with van der Waals surface area (Å²) in [4.78, 5) is 24.9. The van der Waals surface area contributed by atoms with Crippen molar-refractivity contribution in [3.05, 3.63) is 78.1 Å². The lowest BCUT2D eigenvalue weighted by Crippen LogP contribution is -2.32. The zero-order valence-corrected chi connectivity index (χ0v) is 17.1. The highest BCUT2D eigenvalue weighted by atomic mass is 16.5. The molecule has 7 heteroatoms. The number of carbonyl (C=O) groups is 2. The smallest absolute Gasteiger partial charge is 0.363 e. The molecule has 1 aromatic heterocycles. The lowest BCUT2D eigenvalue weighted by Gasteiger charge is -2.18. The van der Waals surface area contributed by atoms with Crippen molar-refractivity contribution in [2.75, 3.05) is 13.7 Å². The first kappa shape index (κ1) is 21.1. The molecule has 0 saturated carbocycles. The van der Waals surface area contributed by atoms with Crippen LogP contribution < -0.4 is 10.1 Å². The minimum Gasteiger partial charge on any atom is -0.493 e. The normalized spacial score (nSPS) is 11.5. The Bertz CT molecular complexity index is 971. The Morgan fingerprint density at radius 3 is 2.37 bits per heavy atom. The molecule has 0 unspecified atom stereocenters.